The summed E-state index contributed by atoms with van der Waals surface area (Å²) >= 11 is 0. The van der Waals surface area contributed by atoms with E-state index in [1.165, 1.54) is 0 Å². The Labute approximate surface area is 94.4 Å². The van der Waals surface area contributed by atoms with Gasteiger partial charge in [-0.3, -0.25) is 25.0 Å². The van der Waals surface area contributed by atoms with Crippen molar-refractivity contribution < 1.29 is 18.3 Å². The van der Waals surface area contributed by atoms with Crippen LogP contribution in [0.5, 0.6) is 0 Å². The molecule has 0 bridgehead atoms. The van der Waals surface area contributed by atoms with Crippen LogP contribution in [0.25, 0.3) is 0 Å². The molecule has 1 aliphatic rings. The molecule has 1 aliphatic heterocycles. The highest BCUT2D eigenvalue weighted by Gasteiger charge is 2.33. The van der Waals surface area contributed by atoms with Crippen LogP contribution in [0.2, 0.25) is 0 Å². The van der Waals surface area contributed by atoms with Gasteiger partial charge in [0.15, 0.2) is 0 Å². The summed E-state index contributed by atoms with van der Waals surface area (Å²) in [4.78, 5) is 19.6. The van der Waals surface area contributed by atoms with Crippen molar-refractivity contribution in [2.45, 2.75) is 5.75 Å². The molecule has 1 N–H and O–H groups in total. The molecule has 0 atom stereocenters. The van der Waals surface area contributed by atoms with Gasteiger partial charge in [0.25, 0.3) is 11.4 Å². The highest BCUT2D eigenvalue weighted by Crippen LogP contribution is 2.38. The van der Waals surface area contributed by atoms with Gasteiger partial charge in [-0.1, -0.05) is 0 Å². The summed E-state index contributed by atoms with van der Waals surface area (Å²) in [6, 6.07) is 1.74. The summed E-state index contributed by atoms with van der Waals surface area (Å²) in [5.74, 6) is -0.495. The van der Waals surface area contributed by atoms with Gasteiger partial charge in [-0.25, -0.2) is 8.42 Å². The SMILES string of the molecule is O=[N+]([O-])c1cc2c(c([N+](=O)[O-])c1)NS(=O)(=O)C2. The predicted molar refractivity (Wildman–Crippen MR) is 56.0 cm³/mol. The monoisotopic (exact) mass is 259 g/mol. The Morgan fingerprint density at radius 1 is 1.18 bits per heavy atom. The number of sulfonamides is 1. The first kappa shape index (κ1) is 11.3. The minimum absolute atomic E-state index is 0.0332. The number of non-ortho nitro benzene ring substituents is 1. The second kappa shape index (κ2) is 3.38. The second-order valence-corrected chi connectivity index (χ2v) is 5.10. The van der Waals surface area contributed by atoms with Gasteiger partial charge in [0.1, 0.15) is 5.69 Å². The minimum Gasteiger partial charge on any atom is -0.276 e. The zero-order valence-electron chi connectivity index (χ0n) is 8.11. The molecule has 0 saturated heterocycles. The highest BCUT2D eigenvalue weighted by atomic mass is 32.2. The smallest absolute Gasteiger partial charge is 0.276 e. The molecule has 1 aromatic rings. The molecule has 0 fully saturated rings. The van der Waals surface area contributed by atoms with E-state index < -0.39 is 37.0 Å². The lowest BCUT2D eigenvalue weighted by Crippen LogP contribution is -2.06. The van der Waals surface area contributed by atoms with E-state index in [9.17, 15) is 28.6 Å². The quantitative estimate of drug-likeness (QED) is 0.615. The maximum absolute atomic E-state index is 11.2. The number of hydrogen-bond acceptors (Lipinski definition) is 6. The van der Waals surface area contributed by atoms with E-state index in [1.54, 1.807) is 0 Å². The number of nitro benzene ring substituents is 2. The molecular weight excluding hydrogens is 254 g/mol. The molecule has 1 heterocycles. The third kappa shape index (κ3) is 1.89. The van der Waals surface area contributed by atoms with Gasteiger partial charge in [-0.05, 0) is 0 Å². The molecule has 0 spiro atoms. The Morgan fingerprint density at radius 2 is 1.82 bits per heavy atom. The molecule has 2 rings (SSSR count). The summed E-state index contributed by atoms with van der Waals surface area (Å²) in [6.45, 7) is 0. The molecule has 0 aliphatic carbocycles. The van der Waals surface area contributed by atoms with Gasteiger partial charge in [-0.15, -0.1) is 0 Å². The fourth-order valence-corrected chi connectivity index (χ4v) is 2.80. The number of anilines is 1. The molecule has 1 aromatic carbocycles. The van der Waals surface area contributed by atoms with Crippen LogP contribution in [-0.4, -0.2) is 18.3 Å². The Bertz CT molecular complexity index is 637. The summed E-state index contributed by atoms with van der Waals surface area (Å²) in [7, 11) is -3.68. The van der Waals surface area contributed by atoms with Crippen molar-refractivity contribution in [3.63, 3.8) is 0 Å². The van der Waals surface area contributed by atoms with Crippen LogP contribution in [0.1, 0.15) is 5.56 Å². The van der Waals surface area contributed by atoms with Crippen molar-refractivity contribution in [1.82, 2.24) is 0 Å². The average Bonchev–Trinajstić information content (AvgIpc) is 2.49. The molecule has 0 unspecified atom stereocenters. The van der Waals surface area contributed by atoms with Crippen molar-refractivity contribution in [2.75, 3.05) is 4.72 Å². The number of nitro groups is 2. The summed E-state index contributed by atoms with van der Waals surface area (Å²) in [5, 5.41) is 21.2. The van der Waals surface area contributed by atoms with E-state index in [1.807, 2.05) is 4.72 Å². The van der Waals surface area contributed by atoms with Crippen molar-refractivity contribution in [1.29, 1.82) is 0 Å². The summed E-state index contributed by atoms with van der Waals surface area (Å²) < 4.78 is 24.5. The fourth-order valence-electron chi connectivity index (χ4n) is 1.55. The van der Waals surface area contributed by atoms with E-state index in [0.29, 0.717) is 0 Å². The number of nitrogens with zero attached hydrogens (tertiary/aromatic N) is 2. The van der Waals surface area contributed by atoms with Crippen LogP contribution < -0.4 is 4.72 Å². The number of fused-ring (bicyclic) bond motifs is 1. The van der Waals surface area contributed by atoms with Gasteiger partial charge < -0.3 is 0 Å². The normalized spacial score (nSPS) is 16.0. The van der Waals surface area contributed by atoms with Crippen molar-refractivity contribution in [3.8, 4) is 0 Å². The summed E-state index contributed by atoms with van der Waals surface area (Å²) in [5.41, 5.74) is -1.28. The first-order valence-corrected chi connectivity index (χ1v) is 5.91. The van der Waals surface area contributed by atoms with Crippen LogP contribution in [-0.2, 0) is 15.8 Å². The zero-order chi connectivity index (χ0) is 12.8. The van der Waals surface area contributed by atoms with Gasteiger partial charge in [-0.2, -0.15) is 0 Å². The van der Waals surface area contributed by atoms with Gasteiger partial charge in [0.2, 0.25) is 10.0 Å². The van der Waals surface area contributed by atoms with E-state index in [0.717, 1.165) is 12.1 Å². The molecule has 0 amide bonds. The Kier molecular flexibility index (Phi) is 2.24. The standard InChI is InChI=1S/C7H5N3O6S/c11-9(12)5-1-4-3-17(15,16)8-7(4)6(2-5)10(13)14/h1-2,8H,3H2. The first-order chi connectivity index (χ1) is 7.80. The van der Waals surface area contributed by atoms with Gasteiger partial charge in [0.05, 0.1) is 21.7 Å². The molecule has 0 aromatic heterocycles. The van der Waals surface area contributed by atoms with E-state index >= 15 is 0 Å². The molecule has 10 heteroatoms. The third-order valence-electron chi connectivity index (χ3n) is 2.19. The van der Waals surface area contributed by atoms with Crippen LogP contribution in [0.3, 0.4) is 0 Å². The first-order valence-electron chi connectivity index (χ1n) is 4.26. The van der Waals surface area contributed by atoms with Gasteiger partial charge >= 0.3 is 0 Å². The number of rotatable bonds is 2. The minimum atomic E-state index is -3.68. The Morgan fingerprint density at radius 3 is 2.35 bits per heavy atom. The number of nitrogens with one attached hydrogen (secondary N) is 1. The average molecular weight is 259 g/mol. The molecular formula is C7H5N3O6S. The fraction of sp³-hybridized carbons (Fsp3) is 0.143. The van der Waals surface area contributed by atoms with Crippen molar-refractivity contribution >= 4 is 27.1 Å². The zero-order valence-corrected chi connectivity index (χ0v) is 8.93. The Balaban J connectivity index is 2.70. The number of benzene rings is 1. The lowest BCUT2D eigenvalue weighted by Gasteiger charge is -1.99. The lowest BCUT2D eigenvalue weighted by molar-refractivity contribution is -0.393. The molecule has 90 valence electrons. The lowest BCUT2D eigenvalue weighted by atomic mass is 10.1. The molecule has 17 heavy (non-hydrogen) atoms. The topological polar surface area (TPSA) is 132 Å². The number of hydrogen-bond donors (Lipinski definition) is 1. The van der Waals surface area contributed by atoms with Crippen molar-refractivity contribution in [3.05, 3.63) is 37.9 Å². The molecule has 9 nitrogen and oxygen atoms in total. The van der Waals surface area contributed by atoms with E-state index in [4.69, 9.17) is 0 Å². The van der Waals surface area contributed by atoms with Crippen LogP contribution in [0, 0.1) is 20.2 Å². The van der Waals surface area contributed by atoms with Crippen LogP contribution in [0.15, 0.2) is 12.1 Å². The van der Waals surface area contributed by atoms with Crippen LogP contribution >= 0.6 is 0 Å². The van der Waals surface area contributed by atoms with Crippen LogP contribution in [0.4, 0.5) is 17.1 Å². The Hall–Kier alpha value is -2.23. The summed E-state index contributed by atoms with van der Waals surface area (Å²) in [6.07, 6.45) is 0. The van der Waals surface area contributed by atoms with E-state index in [2.05, 4.69) is 0 Å². The maximum Gasteiger partial charge on any atom is 0.300 e. The van der Waals surface area contributed by atoms with Crippen molar-refractivity contribution in [2.24, 2.45) is 0 Å². The van der Waals surface area contributed by atoms with Gasteiger partial charge in [0, 0.05) is 11.6 Å². The molecule has 0 saturated carbocycles. The van der Waals surface area contributed by atoms with E-state index in [-0.39, 0.29) is 11.3 Å². The third-order valence-corrected chi connectivity index (χ3v) is 3.40. The highest BCUT2D eigenvalue weighted by molar-refractivity contribution is 7.92. The molecule has 0 radical (unpaired) electrons. The maximum atomic E-state index is 11.2. The predicted octanol–water partition coefficient (Wildman–Crippen LogP) is 0.758. The largest absolute Gasteiger partial charge is 0.300 e. The second-order valence-electron chi connectivity index (χ2n) is 3.37.